The molecule has 2 rings (SSSR count). The van der Waals surface area contributed by atoms with E-state index in [1.165, 1.54) is 4.90 Å². The maximum Gasteiger partial charge on any atom is 0.305 e. The second kappa shape index (κ2) is 5.16. The monoisotopic (exact) mass is 248 g/mol. The van der Waals surface area contributed by atoms with Crippen LogP contribution < -0.4 is 4.90 Å². The zero-order valence-electron chi connectivity index (χ0n) is 10.3. The van der Waals surface area contributed by atoms with Gasteiger partial charge in [0.1, 0.15) is 5.82 Å². The van der Waals surface area contributed by atoms with Crippen LogP contribution in [0.5, 0.6) is 0 Å². The molecule has 1 fully saturated rings. The van der Waals surface area contributed by atoms with Gasteiger partial charge in [0.05, 0.1) is 6.42 Å². The lowest BCUT2D eigenvalue weighted by Crippen LogP contribution is -2.35. The Labute approximate surface area is 105 Å². The Morgan fingerprint density at radius 3 is 2.78 bits per heavy atom. The molecular weight excluding hydrogens is 232 g/mol. The van der Waals surface area contributed by atoms with Gasteiger partial charge in [0, 0.05) is 18.7 Å². The Bertz CT molecular complexity index is 469. The van der Waals surface area contributed by atoms with Crippen LogP contribution in [-0.4, -0.2) is 28.5 Å². The van der Waals surface area contributed by atoms with Gasteiger partial charge in [0.25, 0.3) is 0 Å². The van der Waals surface area contributed by atoms with Crippen LogP contribution in [0.15, 0.2) is 18.3 Å². The molecule has 0 aliphatic heterocycles. The van der Waals surface area contributed by atoms with Gasteiger partial charge in [-0.25, -0.2) is 4.98 Å². The minimum absolute atomic E-state index is 0.00181. The molecule has 1 heterocycles. The van der Waals surface area contributed by atoms with Crippen LogP contribution >= 0.6 is 0 Å². The number of aromatic nitrogens is 1. The average Bonchev–Trinajstić information content (AvgIpc) is 3.14. The molecule has 0 aromatic carbocycles. The van der Waals surface area contributed by atoms with E-state index in [1.807, 2.05) is 13.0 Å². The third kappa shape index (κ3) is 2.85. The Balaban J connectivity index is 2.20. The van der Waals surface area contributed by atoms with E-state index in [1.54, 1.807) is 12.3 Å². The van der Waals surface area contributed by atoms with Crippen LogP contribution in [0.1, 0.15) is 24.8 Å². The van der Waals surface area contributed by atoms with E-state index in [0.29, 0.717) is 5.82 Å². The van der Waals surface area contributed by atoms with Crippen molar-refractivity contribution in [1.29, 1.82) is 0 Å². The first kappa shape index (κ1) is 12.5. The zero-order chi connectivity index (χ0) is 13.1. The molecule has 1 amide bonds. The number of pyridine rings is 1. The molecule has 1 N–H and O–H groups in total. The lowest BCUT2D eigenvalue weighted by atomic mass is 10.2. The Morgan fingerprint density at radius 2 is 2.22 bits per heavy atom. The second-order valence-corrected chi connectivity index (χ2v) is 4.55. The van der Waals surface area contributed by atoms with Gasteiger partial charge in [-0.15, -0.1) is 0 Å². The summed E-state index contributed by atoms with van der Waals surface area (Å²) in [6.07, 6.45) is 3.35. The molecule has 5 heteroatoms. The van der Waals surface area contributed by atoms with E-state index in [9.17, 15) is 9.59 Å². The summed E-state index contributed by atoms with van der Waals surface area (Å²) < 4.78 is 0. The first-order chi connectivity index (χ1) is 8.59. The van der Waals surface area contributed by atoms with E-state index >= 15 is 0 Å². The molecule has 0 saturated heterocycles. The van der Waals surface area contributed by atoms with Crippen molar-refractivity contribution in [1.82, 2.24) is 4.98 Å². The standard InChI is InChI=1S/C13H16N2O3/c1-9-3-2-7-14-12(9)15(8-6-11(16)17)13(18)10-4-5-10/h2-3,7,10H,4-6,8H2,1H3,(H,16,17). The molecule has 0 spiro atoms. The summed E-state index contributed by atoms with van der Waals surface area (Å²) in [5.41, 5.74) is 0.886. The number of hydrogen-bond acceptors (Lipinski definition) is 3. The maximum absolute atomic E-state index is 12.2. The molecule has 0 unspecified atom stereocenters. The fraction of sp³-hybridized carbons (Fsp3) is 0.462. The Hall–Kier alpha value is -1.91. The summed E-state index contributed by atoms with van der Waals surface area (Å²) in [6, 6.07) is 3.67. The van der Waals surface area contributed by atoms with E-state index in [0.717, 1.165) is 18.4 Å². The maximum atomic E-state index is 12.2. The van der Waals surface area contributed by atoms with Gasteiger partial charge in [-0.05, 0) is 31.4 Å². The molecule has 1 aliphatic carbocycles. The topological polar surface area (TPSA) is 70.5 Å². The molecule has 18 heavy (non-hydrogen) atoms. The number of hydrogen-bond donors (Lipinski definition) is 1. The molecule has 1 aliphatic rings. The average molecular weight is 248 g/mol. The minimum atomic E-state index is -0.905. The number of amides is 1. The van der Waals surface area contributed by atoms with E-state index in [-0.39, 0.29) is 24.8 Å². The largest absolute Gasteiger partial charge is 0.481 e. The number of carbonyl (C=O) groups excluding carboxylic acids is 1. The van der Waals surface area contributed by atoms with Gasteiger partial charge in [-0.2, -0.15) is 0 Å². The van der Waals surface area contributed by atoms with Crippen molar-refractivity contribution in [3.63, 3.8) is 0 Å². The van der Waals surface area contributed by atoms with Crippen molar-refractivity contribution >= 4 is 17.7 Å². The zero-order valence-corrected chi connectivity index (χ0v) is 10.3. The minimum Gasteiger partial charge on any atom is -0.481 e. The molecule has 0 atom stereocenters. The fourth-order valence-electron chi connectivity index (χ4n) is 1.84. The number of carboxylic acid groups (broad SMARTS) is 1. The van der Waals surface area contributed by atoms with Crippen LogP contribution in [0, 0.1) is 12.8 Å². The fourth-order valence-corrected chi connectivity index (χ4v) is 1.84. The summed E-state index contributed by atoms with van der Waals surface area (Å²) in [5.74, 6) is -0.272. The number of anilines is 1. The smallest absolute Gasteiger partial charge is 0.305 e. The molecule has 5 nitrogen and oxygen atoms in total. The third-order valence-corrected chi connectivity index (χ3v) is 2.98. The summed E-state index contributed by atoms with van der Waals surface area (Å²) in [6.45, 7) is 2.05. The van der Waals surface area contributed by atoms with Crippen LogP contribution in [0.3, 0.4) is 0 Å². The molecule has 96 valence electrons. The van der Waals surface area contributed by atoms with Crippen molar-refractivity contribution < 1.29 is 14.7 Å². The van der Waals surface area contributed by atoms with Gasteiger partial charge < -0.3 is 5.11 Å². The predicted octanol–water partition coefficient (Wildman–Crippen LogP) is 1.61. The van der Waals surface area contributed by atoms with Crippen molar-refractivity contribution in [2.24, 2.45) is 5.92 Å². The van der Waals surface area contributed by atoms with E-state index < -0.39 is 5.97 Å². The first-order valence-corrected chi connectivity index (χ1v) is 6.04. The number of rotatable bonds is 5. The lowest BCUT2D eigenvalue weighted by Gasteiger charge is -2.22. The highest BCUT2D eigenvalue weighted by molar-refractivity contribution is 5.96. The highest BCUT2D eigenvalue weighted by atomic mass is 16.4. The van der Waals surface area contributed by atoms with E-state index in [4.69, 9.17) is 5.11 Å². The number of aliphatic carboxylic acids is 1. The summed E-state index contributed by atoms with van der Waals surface area (Å²) >= 11 is 0. The Morgan fingerprint density at radius 1 is 1.50 bits per heavy atom. The number of carboxylic acids is 1. The number of aryl methyl sites for hydroxylation is 1. The summed E-state index contributed by atoms with van der Waals surface area (Å²) in [5, 5.41) is 8.76. The highest BCUT2D eigenvalue weighted by Crippen LogP contribution is 2.33. The molecule has 0 radical (unpaired) electrons. The van der Waals surface area contributed by atoms with Crippen LogP contribution in [0.2, 0.25) is 0 Å². The van der Waals surface area contributed by atoms with Gasteiger partial charge in [-0.1, -0.05) is 6.07 Å². The number of carbonyl (C=O) groups is 2. The van der Waals surface area contributed by atoms with Crippen LogP contribution in [0.4, 0.5) is 5.82 Å². The second-order valence-electron chi connectivity index (χ2n) is 4.55. The van der Waals surface area contributed by atoms with Gasteiger partial charge in [0.2, 0.25) is 5.91 Å². The van der Waals surface area contributed by atoms with Crippen molar-refractivity contribution in [3.8, 4) is 0 Å². The highest BCUT2D eigenvalue weighted by Gasteiger charge is 2.34. The number of nitrogens with zero attached hydrogens (tertiary/aromatic N) is 2. The third-order valence-electron chi connectivity index (χ3n) is 2.98. The van der Waals surface area contributed by atoms with Crippen LogP contribution in [-0.2, 0) is 9.59 Å². The molecule has 0 bridgehead atoms. The molecule has 1 aromatic heterocycles. The van der Waals surface area contributed by atoms with Gasteiger partial charge in [0.15, 0.2) is 0 Å². The Kier molecular flexibility index (Phi) is 3.60. The predicted molar refractivity (Wildman–Crippen MR) is 66.3 cm³/mol. The van der Waals surface area contributed by atoms with Gasteiger partial charge >= 0.3 is 5.97 Å². The lowest BCUT2D eigenvalue weighted by molar-refractivity contribution is -0.136. The van der Waals surface area contributed by atoms with Crippen molar-refractivity contribution in [2.75, 3.05) is 11.4 Å². The SMILES string of the molecule is Cc1cccnc1N(CCC(=O)O)C(=O)C1CC1. The van der Waals surface area contributed by atoms with Crippen molar-refractivity contribution in [3.05, 3.63) is 23.9 Å². The van der Waals surface area contributed by atoms with E-state index in [2.05, 4.69) is 4.98 Å². The summed E-state index contributed by atoms with van der Waals surface area (Å²) in [7, 11) is 0. The quantitative estimate of drug-likeness (QED) is 0.859. The van der Waals surface area contributed by atoms with Crippen LogP contribution in [0.25, 0.3) is 0 Å². The van der Waals surface area contributed by atoms with Crippen molar-refractivity contribution in [2.45, 2.75) is 26.2 Å². The molecule has 1 aromatic rings. The first-order valence-electron chi connectivity index (χ1n) is 6.04. The molecular formula is C13H16N2O3. The van der Waals surface area contributed by atoms with Gasteiger partial charge in [-0.3, -0.25) is 14.5 Å². The molecule has 1 saturated carbocycles. The normalized spacial score (nSPS) is 14.3. The summed E-state index contributed by atoms with van der Waals surface area (Å²) in [4.78, 5) is 28.5.